The third-order valence-corrected chi connectivity index (χ3v) is 10.7. The molecule has 5 aromatic carbocycles. The minimum Gasteiger partial charge on any atom is -0.441 e. The van der Waals surface area contributed by atoms with Gasteiger partial charge >= 0.3 is 0 Å². The Bertz CT molecular complexity index is 2670. The van der Waals surface area contributed by atoms with E-state index >= 15 is 0 Å². The Morgan fingerprint density at radius 1 is 0.478 bits per heavy atom. The molecule has 0 aliphatic heterocycles. The number of nitrogens with one attached hydrogen (secondary N) is 1. The van der Waals surface area contributed by atoms with E-state index in [1.54, 1.807) is 11.3 Å². The fraction of sp³-hybridized carbons (Fsp3) is 0.393. The predicted octanol–water partition coefficient (Wildman–Crippen LogP) is 19.0. The van der Waals surface area contributed by atoms with Gasteiger partial charge in [0, 0.05) is 52.4 Å². The second kappa shape index (κ2) is 28.5. The van der Waals surface area contributed by atoms with E-state index in [-0.39, 0.29) is 0 Å². The van der Waals surface area contributed by atoms with Crippen LogP contribution in [0.1, 0.15) is 136 Å². The minimum atomic E-state index is 0.542. The number of rotatable bonds is 2. The highest BCUT2D eigenvalue weighted by atomic mass is 32.1. The summed E-state index contributed by atoms with van der Waals surface area (Å²) in [4.78, 5) is 15.9. The molecule has 5 heterocycles. The number of benzene rings is 5. The summed E-state index contributed by atoms with van der Waals surface area (Å²) in [6, 6.07) is 44.4. The average molecular weight is 949 g/mol. The van der Waals surface area contributed by atoms with Crippen LogP contribution in [0.2, 0.25) is 0 Å². The zero-order valence-electron chi connectivity index (χ0n) is 45.6. The summed E-state index contributed by atoms with van der Waals surface area (Å²) in [7, 11) is 0. The van der Waals surface area contributed by atoms with Crippen molar-refractivity contribution in [1.29, 1.82) is 0 Å². The lowest BCUT2D eigenvalue weighted by atomic mass is 10.1. The van der Waals surface area contributed by atoms with E-state index in [1.807, 2.05) is 87.5 Å². The molecule has 0 fully saturated rings. The maximum absolute atomic E-state index is 5.26. The Hall–Kier alpha value is -5.99. The third kappa shape index (κ3) is 18.8. The molecule has 0 saturated heterocycles. The first-order valence-corrected chi connectivity index (χ1v) is 25.6. The molecule has 370 valence electrons. The number of fused-ring (bicyclic) bond motifs is 5. The molecular weight excluding hydrogens is 865 g/mol. The Balaban J connectivity index is 0.000000217. The largest absolute Gasteiger partial charge is 0.441 e. The van der Waals surface area contributed by atoms with Gasteiger partial charge in [0.25, 0.3) is 0 Å². The Morgan fingerprint density at radius 2 is 0.942 bits per heavy atom. The predicted molar refractivity (Wildman–Crippen MR) is 304 cm³/mol. The average Bonchev–Trinajstić information content (AvgIpc) is 4.08. The van der Waals surface area contributed by atoms with E-state index < -0.39 is 0 Å². The molecule has 0 aliphatic rings. The van der Waals surface area contributed by atoms with E-state index in [1.165, 1.54) is 43.5 Å². The minimum absolute atomic E-state index is 0.542. The highest BCUT2D eigenvalue weighted by molar-refractivity contribution is 7.18. The number of H-pyrrole nitrogens is 1. The molecule has 0 radical (unpaired) electrons. The molecule has 0 unspecified atom stereocenters. The highest BCUT2D eigenvalue weighted by Crippen LogP contribution is 2.28. The summed E-state index contributed by atoms with van der Waals surface area (Å²) in [6.45, 7) is 40.8. The van der Waals surface area contributed by atoms with Crippen molar-refractivity contribution in [3.63, 3.8) is 0 Å². The van der Waals surface area contributed by atoms with Crippen molar-refractivity contribution in [3.05, 3.63) is 161 Å². The summed E-state index contributed by atoms with van der Waals surface area (Å²) in [6.07, 6.45) is 0. The molecule has 0 atom stereocenters. The summed E-state index contributed by atoms with van der Waals surface area (Å²) in [5.74, 6) is 4.20. The second-order valence-electron chi connectivity index (χ2n) is 19.9. The van der Waals surface area contributed by atoms with Crippen molar-refractivity contribution in [1.82, 2.24) is 29.1 Å². The van der Waals surface area contributed by atoms with Crippen LogP contribution < -0.4 is 0 Å². The summed E-state index contributed by atoms with van der Waals surface area (Å²) in [5.41, 5.74) is 10.5. The first-order valence-electron chi connectivity index (χ1n) is 24.8. The number of imidazole rings is 1. The van der Waals surface area contributed by atoms with E-state index in [4.69, 9.17) is 4.42 Å². The van der Waals surface area contributed by atoms with Gasteiger partial charge in [-0.3, -0.25) is 0 Å². The van der Waals surface area contributed by atoms with Crippen molar-refractivity contribution in [2.24, 2.45) is 17.8 Å². The van der Waals surface area contributed by atoms with Crippen LogP contribution >= 0.6 is 11.3 Å². The van der Waals surface area contributed by atoms with Crippen molar-refractivity contribution in [2.45, 2.75) is 144 Å². The van der Waals surface area contributed by atoms with Gasteiger partial charge in [0.1, 0.15) is 11.3 Å². The van der Waals surface area contributed by atoms with Crippen LogP contribution in [0.15, 0.2) is 132 Å². The zero-order valence-corrected chi connectivity index (χ0v) is 46.4. The third-order valence-electron chi connectivity index (χ3n) is 9.71. The fourth-order valence-corrected chi connectivity index (χ4v) is 8.28. The van der Waals surface area contributed by atoms with E-state index in [2.05, 4.69) is 201 Å². The lowest BCUT2D eigenvalue weighted by Crippen LogP contribution is -2.04. The van der Waals surface area contributed by atoms with Crippen LogP contribution in [0.3, 0.4) is 0 Å². The number of para-hydroxylation sites is 6. The molecule has 0 bridgehead atoms. The van der Waals surface area contributed by atoms with Crippen LogP contribution in [0, 0.1) is 59.3 Å². The number of aromatic amines is 1. The van der Waals surface area contributed by atoms with E-state index in [0.29, 0.717) is 12.1 Å². The molecule has 0 spiro atoms. The Kier molecular flexibility index (Phi) is 23.7. The van der Waals surface area contributed by atoms with Crippen LogP contribution in [-0.4, -0.2) is 29.1 Å². The number of aromatic nitrogens is 6. The number of oxazole rings is 1. The van der Waals surface area contributed by atoms with Gasteiger partial charge in [-0.2, -0.15) is 0 Å². The van der Waals surface area contributed by atoms with Crippen LogP contribution in [0.5, 0.6) is 0 Å². The Labute approximate surface area is 419 Å². The van der Waals surface area contributed by atoms with E-state index in [9.17, 15) is 0 Å². The summed E-state index contributed by atoms with van der Waals surface area (Å²) >= 11 is 1.74. The van der Waals surface area contributed by atoms with Gasteiger partial charge in [-0.25, -0.2) is 15.0 Å². The molecule has 0 amide bonds. The second-order valence-corrected chi connectivity index (χ2v) is 21.2. The molecule has 5 aromatic heterocycles. The van der Waals surface area contributed by atoms with E-state index in [0.717, 1.165) is 62.1 Å². The fourth-order valence-electron chi connectivity index (χ4n) is 7.45. The SMILES string of the molecule is CC(C)C.CC(C)C.CC(C)C.Cc1c2ccccc2c(C)n1C(C)C.Cc1cc2ccccc2n1C(C)C.Cc1nc2ccccc2[nH]1.Cc1nc2ccccc2o1.Cc1nc2ccccc2s1. The first-order chi connectivity index (χ1) is 32.6. The number of thiazole rings is 1. The van der Waals surface area contributed by atoms with Gasteiger partial charge in [0.2, 0.25) is 0 Å². The molecule has 10 rings (SSSR count). The number of hydrogen-bond acceptors (Lipinski definition) is 5. The van der Waals surface area contributed by atoms with Crippen LogP contribution in [0.4, 0.5) is 0 Å². The van der Waals surface area contributed by atoms with Gasteiger partial charge in [0.15, 0.2) is 11.5 Å². The molecule has 0 aliphatic carbocycles. The van der Waals surface area contributed by atoms with Crippen molar-refractivity contribution in [3.8, 4) is 0 Å². The number of aryl methyl sites for hydroxylation is 6. The monoisotopic (exact) mass is 949 g/mol. The lowest BCUT2D eigenvalue weighted by Gasteiger charge is -2.12. The quantitative estimate of drug-likeness (QED) is 0.187. The van der Waals surface area contributed by atoms with Crippen molar-refractivity contribution in [2.75, 3.05) is 0 Å². The Morgan fingerprint density at radius 3 is 1.46 bits per heavy atom. The number of nitrogens with zero attached hydrogens (tertiary/aromatic N) is 5. The molecule has 7 nitrogen and oxygen atoms in total. The molecule has 8 heteroatoms. The maximum Gasteiger partial charge on any atom is 0.192 e. The summed E-state index contributed by atoms with van der Waals surface area (Å²) < 4.78 is 11.3. The molecular formula is C61H84N6OS. The molecule has 10 aromatic rings. The van der Waals surface area contributed by atoms with Crippen molar-refractivity contribution >= 4 is 65.4 Å². The van der Waals surface area contributed by atoms with Gasteiger partial charge in [-0.15, -0.1) is 11.3 Å². The zero-order chi connectivity index (χ0) is 51.4. The molecule has 1 N–H and O–H groups in total. The van der Waals surface area contributed by atoms with Gasteiger partial charge < -0.3 is 18.5 Å². The molecule has 0 saturated carbocycles. The highest BCUT2D eigenvalue weighted by Gasteiger charge is 2.12. The molecule has 69 heavy (non-hydrogen) atoms. The standard InChI is InChI=1S/C13H17N.C12H15N.C8H8N2.C8H7NO.C8H7NS.3C4H10/c1-9(2)14-10(3)12-7-5-6-8-13(12)11(14)4;1-9(2)13-10(3)8-11-6-4-5-7-12(11)13;3*1-6-9-7-4-2-3-5-8(7)10-6;3*1-4(2)3/h5-9H,1-4H3;4-9H,1-3H3;2-5H,1H3,(H,9,10);2*2-5H,1H3;3*4H,1-3H3. The maximum atomic E-state index is 5.26. The van der Waals surface area contributed by atoms with Crippen molar-refractivity contribution < 1.29 is 4.42 Å². The van der Waals surface area contributed by atoms with Gasteiger partial charge in [-0.1, -0.05) is 141 Å². The van der Waals surface area contributed by atoms with Gasteiger partial charge in [-0.05, 0) is 134 Å². The lowest BCUT2D eigenvalue weighted by molar-refractivity contribution is 0.561. The van der Waals surface area contributed by atoms with Gasteiger partial charge in [0.05, 0.1) is 26.3 Å². The van der Waals surface area contributed by atoms with Crippen LogP contribution in [0.25, 0.3) is 54.0 Å². The van der Waals surface area contributed by atoms with Crippen LogP contribution in [-0.2, 0) is 0 Å². The smallest absolute Gasteiger partial charge is 0.192 e. The first kappa shape index (κ1) is 57.3. The summed E-state index contributed by atoms with van der Waals surface area (Å²) in [5, 5.41) is 5.26. The topological polar surface area (TPSA) is 77.5 Å². The normalized spacial score (nSPS) is 10.6. The number of hydrogen-bond donors (Lipinski definition) is 1.